The first kappa shape index (κ1) is 14.3. The molecule has 0 radical (unpaired) electrons. The number of Topliss-reactive ketones (excluding diaryl/α,β-unsaturated/α-hetero) is 1. The van der Waals surface area contributed by atoms with Crippen LogP contribution >= 0.6 is 28.1 Å². The number of ether oxygens (including phenoxy) is 2. The van der Waals surface area contributed by atoms with Crippen LogP contribution in [-0.4, -0.2) is 34.6 Å². The number of carbonyl (C=O) groups is 1. The summed E-state index contributed by atoms with van der Waals surface area (Å²) in [5.74, 6) is 0.317. The number of ketones is 1. The Morgan fingerprint density at radius 3 is 3.00 bits per heavy atom. The number of hydrogen-bond donors (Lipinski definition) is 0. The molecule has 0 spiro atoms. The van der Waals surface area contributed by atoms with Crippen LogP contribution in [0.4, 0.5) is 0 Å². The highest BCUT2D eigenvalue weighted by Crippen LogP contribution is 2.34. The van der Waals surface area contributed by atoms with Crippen molar-refractivity contribution in [3.63, 3.8) is 0 Å². The first-order chi connectivity index (χ1) is 10.6. The maximum absolute atomic E-state index is 11.9. The molecule has 2 aliphatic rings. The molecule has 1 aromatic carbocycles. The molecule has 3 heterocycles. The summed E-state index contributed by atoms with van der Waals surface area (Å²) < 4.78 is 18.9. The van der Waals surface area contributed by atoms with E-state index in [0.717, 1.165) is 10.0 Å². The molecule has 0 aliphatic carbocycles. The number of nitrogens with zero attached hydrogens (tertiary/aromatic N) is 2. The lowest BCUT2D eigenvalue weighted by molar-refractivity contribution is -0.156. The topological polar surface area (TPSA) is 66.5 Å². The van der Waals surface area contributed by atoms with Gasteiger partial charge < -0.3 is 13.9 Å². The molecule has 2 bridgehead atoms. The molecule has 0 unspecified atom stereocenters. The molecular formula is C14H11BrN2O4S. The van der Waals surface area contributed by atoms with Crippen molar-refractivity contribution in [1.82, 2.24) is 9.78 Å². The Hall–Kier alpha value is -1.35. The predicted octanol–water partition coefficient (Wildman–Crippen LogP) is 2.89. The van der Waals surface area contributed by atoms with Crippen molar-refractivity contribution in [1.29, 1.82) is 0 Å². The van der Waals surface area contributed by atoms with E-state index in [0.29, 0.717) is 12.5 Å². The van der Waals surface area contributed by atoms with Crippen LogP contribution in [-0.2, 0) is 14.3 Å². The summed E-state index contributed by atoms with van der Waals surface area (Å²) in [7, 11) is 0. The second-order valence-electron chi connectivity index (χ2n) is 5.18. The highest BCUT2D eigenvalue weighted by atomic mass is 79.9. The van der Waals surface area contributed by atoms with Crippen LogP contribution in [0.2, 0.25) is 0 Å². The first-order valence-electron chi connectivity index (χ1n) is 6.78. The minimum atomic E-state index is -0.731. The zero-order valence-electron chi connectivity index (χ0n) is 11.3. The van der Waals surface area contributed by atoms with E-state index in [1.165, 1.54) is 0 Å². The Bertz CT molecular complexity index is 802. The molecule has 0 amide bonds. The lowest BCUT2D eigenvalue weighted by Crippen LogP contribution is -2.37. The fourth-order valence-corrected chi connectivity index (χ4v) is 3.42. The number of fused-ring (bicyclic) bond motifs is 2. The van der Waals surface area contributed by atoms with Crippen molar-refractivity contribution >= 4 is 33.9 Å². The highest BCUT2D eigenvalue weighted by Gasteiger charge is 2.45. The summed E-state index contributed by atoms with van der Waals surface area (Å²) in [5.41, 5.74) is 0.802. The Labute approximate surface area is 139 Å². The summed E-state index contributed by atoms with van der Waals surface area (Å²) in [6.45, 7) is 0.361. The van der Waals surface area contributed by atoms with Gasteiger partial charge >= 0.3 is 0 Å². The average Bonchev–Trinajstić information content (AvgIpc) is 3.09. The summed E-state index contributed by atoms with van der Waals surface area (Å²) in [5, 5.41) is 4.44. The van der Waals surface area contributed by atoms with E-state index in [1.807, 2.05) is 24.3 Å². The van der Waals surface area contributed by atoms with Crippen LogP contribution in [0.25, 0.3) is 11.5 Å². The van der Waals surface area contributed by atoms with E-state index in [9.17, 15) is 4.79 Å². The normalized spacial score (nSPS) is 27.3. The Morgan fingerprint density at radius 2 is 2.18 bits per heavy atom. The monoisotopic (exact) mass is 382 g/mol. The van der Waals surface area contributed by atoms with Crippen LogP contribution in [0.3, 0.4) is 0 Å². The lowest BCUT2D eigenvalue weighted by Gasteiger charge is -2.25. The Kier molecular flexibility index (Phi) is 3.48. The maximum Gasteiger partial charge on any atom is 0.287 e. The zero-order valence-corrected chi connectivity index (χ0v) is 13.7. The van der Waals surface area contributed by atoms with Gasteiger partial charge in [-0.25, -0.2) is 4.68 Å². The molecule has 0 N–H and O–H groups in total. The van der Waals surface area contributed by atoms with E-state index in [-0.39, 0.29) is 29.2 Å². The van der Waals surface area contributed by atoms with Crippen molar-refractivity contribution in [2.75, 3.05) is 6.61 Å². The smallest absolute Gasteiger partial charge is 0.287 e. The number of halogens is 1. The minimum Gasteiger partial charge on any atom is -0.409 e. The van der Waals surface area contributed by atoms with Gasteiger partial charge in [-0.1, -0.05) is 12.1 Å². The van der Waals surface area contributed by atoms with E-state index in [2.05, 4.69) is 21.0 Å². The third kappa shape index (κ3) is 2.26. The molecule has 2 saturated heterocycles. The predicted molar refractivity (Wildman–Crippen MR) is 81.7 cm³/mol. The minimum absolute atomic E-state index is 0.0916. The number of benzene rings is 1. The molecule has 114 valence electrons. The summed E-state index contributed by atoms with van der Waals surface area (Å²) in [6, 6.07) is 7.28. The van der Waals surface area contributed by atoms with Crippen LogP contribution in [0, 0.1) is 4.84 Å². The van der Waals surface area contributed by atoms with Crippen molar-refractivity contribution < 1.29 is 18.7 Å². The number of aromatic nitrogens is 2. The van der Waals surface area contributed by atoms with E-state index < -0.39 is 6.29 Å². The Morgan fingerprint density at radius 1 is 1.36 bits per heavy atom. The number of hydrogen-bond acceptors (Lipinski definition) is 6. The van der Waals surface area contributed by atoms with Crippen LogP contribution in [0.15, 0.2) is 33.2 Å². The molecule has 0 saturated carbocycles. The third-order valence-electron chi connectivity index (χ3n) is 3.80. The lowest BCUT2D eigenvalue weighted by atomic mass is 10.0. The highest BCUT2D eigenvalue weighted by molar-refractivity contribution is 9.10. The third-order valence-corrected chi connectivity index (χ3v) is 4.76. The van der Waals surface area contributed by atoms with Crippen molar-refractivity contribution in [2.24, 2.45) is 0 Å². The molecule has 2 fully saturated rings. The molecule has 2 aliphatic heterocycles. The quantitative estimate of drug-likeness (QED) is 0.743. The van der Waals surface area contributed by atoms with E-state index >= 15 is 0 Å². The largest absolute Gasteiger partial charge is 0.409 e. The van der Waals surface area contributed by atoms with Gasteiger partial charge in [0, 0.05) is 10.9 Å². The van der Waals surface area contributed by atoms with Crippen LogP contribution in [0.1, 0.15) is 12.5 Å². The van der Waals surface area contributed by atoms with Gasteiger partial charge in [-0.2, -0.15) is 0 Å². The van der Waals surface area contributed by atoms with Gasteiger partial charge in [-0.05, 0) is 40.3 Å². The Balaban J connectivity index is 1.73. The molecule has 4 rings (SSSR count). The fraction of sp³-hybridized carbons (Fsp3) is 0.357. The van der Waals surface area contributed by atoms with Gasteiger partial charge in [0.25, 0.3) is 4.84 Å². The van der Waals surface area contributed by atoms with Gasteiger partial charge in [-0.15, -0.1) is 5.10 Å². The molecular weight excluding hydrogens is 372 g/mol. The SMILES string of the molecule is O=C1C[C@H](n2nc(-c3ccccc3Br)oc2=S)[C@H]2CO[C@H]1O2. The van der Waals surface area contributed by atoms with Gasteiger partial charge in [-0.3, -0.25) is 4.79 Å². The second kappa shape index (κ2) is 5.38. The zero-order chi connectivity index (χ0) is 15.3. The summed E-state index contributed by atoms with van der Waals surface area (Å²) >= 11 is 8.72. The van der Waals surface area contributed by atoms with Gasteiger partial charge in [0.05, 0.1) is 18.2 Å². The maximum atomic E-state index is 11.9. The van der Waals surface area contributed by atoms with E-state index in [1.54, 1.807) is 4.68 Å². The van der Waals surface area contributed by atoms with Crippen molar-refractivity contribution in [3.05, 3.63) is 33.6 Å². The first-order valence-corrected chi connectivity index (χ1v) is 7.98. The van der Waals surface area contributed by atoms with Crippen molar-refractivity contribution in [3.8, 4) is 11.5 Å². The molecule has 2 aromatic rings. The van der Waals surface area contributed by atoms with E-state index in [4.69, 9.17) is 26.1 Å². The average molecular weight is 383 g/mol. The molecule has 8 heteroatoms. The van der Waals surface area contributed by atoms with Gasteiger partial charge in [0.15, 0.2) is 5.78 Å². The van der Waals surface area contributed by atoms with Crippen LogP contribution in [0.5, 0.6) is 0 Å². The second-order valence-corrected chi connectivity index (χ2v) is 6.38. The summed E-state index contributed by atoms with van der Waals surface area (Å²) in [6.07, 6.45) is -0.678. The fourth-order valence-electron chi connectivity index (χ4n) is 2.71. The number of rotatable bonds is 2. The van der Waals surface area contributed by atoms with Gasteiger partial charge in [0.2, 0.25) is 12.2 Å². The number of carbonyl (C=O) groups excluding carboxylic acids is 1. The standard InChI is InChI=1S/C14H11BrN2O4S/c15-8-4-2-1-3-7(8)12-16-17(14(22)21-12)9-5-10(18)13-19-6-11(9)20-13/h1-4,9,11,13H,5-6H2/t9-,11+,13-/m0/s1. The molecule has 1 aromatic heterocycles. The summed E-state index contributed by atoms with van der Waals surface area (Å²) in [4.78, 5) is 12.1. The van der Waals surface area contributed by atoms with Gasteiger partial charge in [0.1, 0.15) is 6.10 Å². The molecule has 22 heavy (non-hydrogen) atoms. The molecule has 3 atom stereocenters. The van der Waals surface area contributed by atoms with Crippen LogP contribution < -0.4 is 0 Å². The van der Waals surface area contributed by atoms with Crippen molar-refractivity contribution in [2.45, 2.75) is 24.9 Å². The molecule has 6 nitrogen and oxygen atoms in total.